The minimum absolute atomic E-state index is 0.0471. The Morgan fingerprint density at radius 2 is 2.00 bits per heavy atom. The molecule has 21 heavy (non-hydrogen) atoms. The second kappa shape index (κ2) is 6.34. The second-order valence-electron chi connectivity index (χ2n) is 4.82. The summed E-state index contributed by atoms with van der Waals surface area (Å²) in [5.41, 5.74) is 5.27. The first-order chi connectivity index (χ1) is 9.93. The molecule has 0 radical (unpaired) electrons. The lowest BCUT2D eigenvalue weighted by atomic mass is 10.1. The van der Waals surface area contributed by atoms with Gasteiger partial charge in [-0.05, 0) is 31.9 Å². The SMILES string of the molecule is CCOC(=O)CN(c1c(F)cc(C(N)=S)cc1F)C1CC1. The molecule has 2 N–H and O–H groups in total. The third-order valence-electron chi connectivity index (χ3n) is 3.18. The van der Waals surface area contributed by atoms with Crippen LogP contribution in [-0.2, 0) is 9.53 Å². The summed E-state index contributed by atoms with van der Waals surface area (Å²) in [6, 6.07) is 2.12. The fraction of sp³-hybridized carbons (Fsp3) is 0.429. The molecule has 2 rings (SSSR count). The fourth-order valence-corrected chi connectivity index (χ4v) is 2.22. The van der Waals surface area contributed by atoms with Crippen molar-refractivity contribution >= 4 is 28.9 Å². The van der Waals surface area contributed by atoms with E-state index in [-0.39, 0.29) is 35.4 Å². The minimum atomic E-state index is -0.783. The number of esters is 1. The molecule has 0 spiro atoms. The number of hydrogen-bond acceptors (Lipinski definition) is 4. The van der Waals surface area contributed by atoms with E-state index in [1.54, 1.807) is 6.92 Å². The predicted octanol–water partition coefficient (Wildman–Crippen LogP) is 2.13. The number of benzene rings is 1. The van der Waals surface area contributed by atoms with E-state index in [1.807, 2.05) is 0 Å². The minimum Gasteiger partial charge on any atom is -0.465 e. The highest BCUT2D eigenvalue weighted by molar-refractivity contribution is 7.80. The molecule has 0 heterocycles. The largest absolute Gasteiger partial charge is 0.465 e. The highest BCUT2D eigenvalue weighted by Gasteiger charge is 2.34. The Morgan fingerprint density at radius 3 is 2.43 bits per heavy atom. The molecule has 114 valence electrons. The van der Waals surface area contributed by atoms with Gasteiger partial charge in [-0.15, -0.1) is 0 Å². The smallest absolute Gasteiger partial charge is 0.325 e. The lowest BCUT2D eigenvalue weighted by Gasteiger charge is -2.24. The van der Waals surface area contributed by atoms with Crippen LogP contribution >= 0.6 is 12.2 Å². The fourth-order valence-electron chi connectivity index (χ4n) is 2.10. The molecule has 0 saturated heterocycles. The van der Waals surface area contributed by atoms with Gasteiger partial charge in [-0.3, -0.25) is 4.79 Å². The number of nitrogens with two attached hydrogens (primary N) is 1. The van der Waals surface area contributed by atoms with Crippen molar-refractivity contribution in [2.24, 2.45) is 5.73 Å². The number of rotatable bonds is 6. The number of ether oxygens (including phenoxy) is 1. The van der Waals surface area contributed by atoms with Crippen LogP contribution in [0.15, 0.2) is 12.1 Å². The van der Waals surface area contributed by atoms with Crippen LogP contribution in [0.3, 0.4) is 0 Å². The summed E-state index contributed by atoms with van der Waals surface area (Å²) in [7, 11) is 0. The Morgan fingerprint density at radius 1 is 1.43 bits per heavy atom. The number of carbonyl (C=O) groups excluding carboxylic acids is 1. The topological polar surface area (TPSA) is 55.6 Å². The summed E-state index contributed by atoms with van der Waals surface area (Å²) >= 11 is 4.72. The summed E-state index contributed by atoms with van der Waals surface area (Å²) in [5, 5.41) is 0. The summed E-state index contributed by atoms with van der Waals surface area (Å²) in [6.45, 7) is 1.72. The maximum atomic E-state index is 14.2. The van der Waals surface area contributed by atoms with Crippen molar-refractivity contribution in [3.05, 3.63) is 29.3 Å². The molecule has 0 unspecified atom stereocenters. The van der Waals surface area contributed by atoms with E-state index < -0.39 is 17.6 Å². The van der Waals surface area contributed by atoms with E-state index in [2.05, 4.69) is 0 Å². The monoisotopic (exact) mass is 314 g/mol. The number of anilines is 1. The number of thiocarbonyl (C=S) groups is 1. The highest BCUT2D eigenvalue weighted by Crippen LogP contribution is 2.35. The van der Waals surface area contributed by atoms with Crippen molar-refractivity contribution in [3.63, 3.8) is 0 Å². The quantitative estimate of drug-likeness (QED) is 0.644. The zero-order valence-electron chi connectivity index (χ0n) is 11.6. The predicted molar refractivity (Wildman–Crippen MR) is 79.2 cm³/mol. The van der Waals surface area contributed by atoms with Crippen molar-refractivity contribution in [2.45, 2.75) is 25.8 Å². The van der Waals surface area contributed by atoms with Crippen LogP contribution in [0.4, 0.5) is 14.5 Å². The van der Waals surface area contributed by atoms with Crippen LogP contribution < -0.4 is 10.6 Å². The lowest BCUT2D eigenvalue weighted by Crippen LogP contribution is -2.34. The van der Waals surface area contributed by atoms with Gasteiger partial charge < -0.3 is 15.4 Å². The third kappa shape index (κ3) is 3.66. The average Bonchev–Trinajstić information content (AvgIpc) is 3.20. The van der Waals surface area contributed by atoms with Crippen molar-refractivity contribution in [2.75, 3.05) is 18.1 Å². The van der Waals surface area contributed by atoms with Crippen molar-refractivity contribution in [1.82, 2.24) is 0 Å². The molecule has 1 aromatic carbocycles. The molecule has 1 aromatic rings. The van der Waals surface area contributed by atoms with Gasteiger partial charge in [-0.1, -0.05) is 12.2 Å². The Bertz CT molecular complexity index is 553. The van der Waals surface area contributed by atoms with Crippen molar-refractivity contribution in [3.8, 4) is 0 Å². The molecule has 0 aromatic heterocycles. The second-order valence-corrected chi connectivity index (χ2v) is 5.26. The van der Waals surface area contributed by atoms with Crippen molar-refractivity contribution in [1.29, 1.82) is 0 Å². The van der Waals surface area contributed by atoms with Crippen LogP contribution in [0.5, 0.6) is 0 Å². The number of nitrogens with zero attached hydrogens (tertiary/aromatic N) is 1. The van der Waals surface area contributed by atoms with E-state index in [0.29, 0.717) is 0 Å². The molecule has 0 atom stereocenters. The molecule has 0 aliphatic heterocycles. The van der Waals surface area contributed by atoms with Gasteiger partial charge in [0.15, 0.2) is 0 Å². The summed E-state index contributed by atoms with van der Waals surface area (Å²) in [4.78, 5) is 12.9. The Balaban J connectivity index is 2.32. The van der Waals surface area contributed by atoms with E-state index in [1.165, 1.54) is 4.90 Å². The summed E-state index contributed by atoms with van der Waals surface area (Å²) < 4.78 is 33.2. The van der Waals surface area contributed by atoms with E-state index >= 15 is 0 Å². The van der Waals surface area contributed by atoms with Gasteiger partial charge in [0.25, 0.3) is 0 Å². The van der Waals surface area contributed by atoms with Gasteiger partial charge in [0, 0.05) is 11.6 Å². The van der Waals surface area contributed by atoms with Crippen LogP contribution in [0.1, 0.15) is 25.3 Å². The molecule has 7 heteroatoms. The molecule has 0 bridgehead atoms. The molecular weight excluding hydrogens is 298 g/mol. The van der Waals surface area contributed by atoms with E-state index in [0.717, 1.165) is 25.0 Å². The third-order valence-corrected chi connectivity index (χ3v) is 3.42. The number of hydrogen-bond donors (Lipinski definition) is 1. The zero-order chi connectivity index (χ0) is 15.6. The number of halogens is 2. The van der Waals surface area contributed by atoms with Crippen LogP contribution in [0, 0.1) is 11.6 Å². The maximum absolute atomic E-state index is 14.2. The molecule has 1 aliphatic rings. The van der Waals surface area contributed by atoms with Gasteiger partial charge in [-0.25, -0.2) is 8.78 Å². The Hall–Kier alpha value is -1.76. The molecule has 0 amide bonds. The first kappa shape index (κ1) is 15.6. The zero-order valence-corrected chi connectivity index (χ0v) is 12.4. The van der Waals surface area contributed by atoms with Crippen LogP contribution in [0.25, 0.3) is 0 Å². The average molecular weight is 314 g/mol. The standard InChI is InChI=1S/C14H16F2N2O2S/c1-2-20-12(19)7-18(9-3-4-9)13-10(15)5-8(14(17)21)6-11(13)16/h5-6,9H,2-4,7H2,1H3,(H2,17,21). The maximum Gasteiger partial charge on any atom is 0.325 e. The first-order valence-corrected chi connectivity index (χ1v) is 7.06. The molecule has 1 aliphatic carbocycles. The van der Waals surface area contributed by atoms with Crippen LogP contribution in [-0.4, -0.2) is 30.2 Å². The summed E-state index contributed by atoms with van der Waals surface area (Å²) in [6.07, 6.45) is 1.57. The van der Waals surface area contributed by atoms with E-state index in [4.69, 9.17) is 22.7 Å². The molecule has 1 fully saturated rings. The van der Waals surface area contributed by atoms with Gasteiger partial charge in [0.05, 0.1) is 6.61 Å². The van der Waals surface area contributed by atoms with Crippen LogP contribution in [0.2, 0.25) is 0 Å². The summed E-state index contributed by atoms with van der Waals surface area (Å²) in [5.74, 6) is -2.08. The van der Waals surface area contributed by atoms with Crippen molar-refractivity contribution < 1.29 is 18.3 Å². The molecule has 1 saturated carbocycles. The molecule has 4 nitrogen and oxygen atoms in total. The normalized spacial score (nSPS) is 13.9. The Kier molecular flexibility index (Phi) is 4.72. The lowest BCUT2D eigenvalue weighted by molar-refractivity contribution is -0.141. The van der Waals surface area contributed by atoms with Gasteiger partial charge in [0.2, 0.25) is 0 Å². The number of carbonyl (C=O) groups is 1. The molecular formula is C14H16F2N2O2S. The highest BCUT2D eigenvalue weighted by atomic mass is 32.1. The van der Waals surface area contributed by atoms with Gasteiger partial charge >= 0.3 is 5.97 Å². The first-order valence-electron chi connectivity index (χ1n) is 6.65. The van der Waals surface area contributed by atoms with Gasteiger partial charge in [-0.2, -0.15) is 0 Å². The van der Waals surface area contributed by atoms with E-state index in [9.17, 15) is 13.6 Å². The Labute approximate surface area is 126 Å². The van der Waals surface area contributed by atoms with Gasteiger partial charge in [0.1, 0.15) is 28.9 Å².